The van der Waals surface area contributed by atoms with Crippen LogP contribution in [0.1, 0.15) is 43.6 Å². The molecule has 1 saturated carbocycles. The van der Waals surface area contributed by atoms with Crippen LogP contribution in [0.5, 0.6) is 0 Å². The molecule has 1 aliphatic carbocycles. The number of nitrogens with one attached hydrogen (secondary N) is 2. The summed E-state index contributed by atoms with van der Waals surface area (Å²) in [5.41, 5.74) is 2.23. The van der Waals surface area contributed by atoms with Crippen molar-refractivity contribution in [2.45, 2.75) is 50.4 Å². The number of para-hydroxylation sites is 1. The average Bonchev–Trinajstić information content (AvgIpc) is 3.40. The van der Waals surface area contributed by atoms with E-state index in [1.807, 2.05) is 30.5 Å². The zero-order valence-corrected chi connectivity index (χ0v) is 15.3. The van der Waals surface area contributed by atoms with E-state index >= 15 is 0 Å². The fourth-order valence-corrected chi connectivity index (χ4v) is 3.45. The number of aliphatic hydroxyl groups excluding tert-OH is 1. The summed E-state index contributed by atoms with van der Waals surface area (Å²) < 4.78 is 11.7. The first kappa shape index (κ1) is 18.1. The number of allylic oxidation sites excluding steroid dienone is 1. The molecule has 1 fully saturated rings. The number of ether oxygens (including phenoxy) is 2. The lowest BCUT2D eigenvalue weighted by atomic mass is 9.92. The number of aliphatic hydroxyl groups is 1. The number of hydrogen-bond donors (Lipinski definition) is 3. The van der Waals surface area contributed by atoms with Crippen LogP contribution < -0.4 is 5.32 Å². The SMILES string of the molecule is O=C(NC1CC1)C1=C[C@@H](c2c[nH]c3ccccc23)C[C@@H](OCCCCO)O1. The van der Waals surface area contributed by atoms with Crippen molar-refractivity contribution in [1.29, 1.82) is 0 Å². The van der Waals surface area contributed by atoms with E-state index in [2.05, 4.69) is 16.4 Å². The average molecular weight is 370 g/mol. The molecule has 0 bridgehead atoms. The number of unbranched alkanes of at least 4 members (excludes halogenated alkanes) is 1. The highest BCUT2D eigenvalue weighted by Gasteiger charge is 2.32. The molecule has 0 saturated heterocycles. The minimum Gasteiger partial charge on any atom is -0.459 e. The predicted octanol–water partition coefficient (Wildman–Crippen LogP) is 2.95. The summed E-state index contributed by atoms with van der Waals surface area (Å²) in [6.07, 6.45) is 7.65. The van der Waals surface area contributed by atoms with Crippen molar-refractivity contribution >= 4 is 16.8 Å². The quantitative estimate of drug-likeness (QED) is 0.624. The molecule has 6 heteroatoms. The Hall–Kier alpha value is -2.31. The second-order valence-electron chi connectivity index (χ2n) is 7.26. The first-order valence-corrected chi connectivity index (χ1v) is 9.72. The predicted molar refractivity (Wildman–Crippen MR) is 102 cm³/mol. The van der Waals surface area contributed by atoms with Crippen molar-refractivity contribution in [3.05, 3.63) is 47.9 Å². The van der Waals surface area contributed by atoms with Crippen LogP contribution in [0, 0.1) is 0 Å². The van der Waals surface area contributed by atoms with Gasteiger partial charge in [0.25, 0.3) is 5.91 Å². The molecule has 1 aromatic carbocycles. The molecule has 6 nitrogen and oxygen atoms in total. The number of amides is 1. The molecule has 1 aliphatic heterocycles. The standard InChI is InChI=1S/C21H26N2O4/c24-9-3-4-10-26-20-12-14(11-19(27-20)21(25)23-15-7-8-15)17-13-22-18-6-2-1-5-16(17)18/h1-2,5-6,11,13-15,20,22,24H,3-4,7-10,12H2,(H,23,25)/t14-,20+/m1/s1. The fraction of sp³-hybridized carbons (Fsp3) is 0.476. The van der Waals surface area contributed by atoms with Gasteiger partial charge in [-0.1, -0.05) is 18.2 Å². The number of H-pyrrole nitrogens is 1. The van der Waals surface area contributed by atoms with Crippen LogP contribution in [0.2, 0.25) is 0 Å². The molecular formula is C21H26N2O4. The topological polar surface area (TPSA) is 83.6 Å². The van der Waals surface area contributed by atoms with Crippen molar-refractivity contribution in [3.8, 4) is 0 Å². The van der Waals surface area contributed by atoms with Gasteiger partial charge in [0.2, 0.25) is 6.29 Å². The number of carbonyl (C=O) groups is 1. The number of rotatable bonds is 8. The van der Waals surface area contributed by atoms with Crippen LogP contribution in [0.4, 0.5) is 0 Å². The summed E-state index contributed by atoms with van der Waals surface area (Å²) in [5.74, 6) is 0.222. The minimum absolute atomic E-state index is 0.0395. The molecule has 0 radical (unpaired) electrons. The molecule has 2 aromatic rings. The van der Waals surface area contributed by atoms with Crippen LogP contribution in [0.15, 0.2) is 42.3 Å². The van der Waals surface area contributed by atoms with Crippen LogP contribution >= 0.6 is 0 Å². The molecule has 4 rings (SSSR count). The molecule has 3 N–H and O–H groups in total. The fourth-order valence-electron chi connectivity index (χ4n) is 3.45. The maximum absolute atomic E-state index is 12.5. The molecule has 144 valence electrons. The Morgan fingerprint density at radius 1 is 1.30 bits per heavy atom. The molecule has 27 heavy (non-hydrogen) atoms. The third-order valence-corrected chi connectivity index (χ3v) is 5.07. The largest absolute Gasteiger partial charge is 0.459 e. The summed E-state index contributed by atoms with van der Waals surface area (Å²) >= 11 is 0. The van der Waals surface area contributed by atoms with E-state index in [-0.39, 0.29) is 24.5 Å². The van der Waals surface area contributed by atoms with E-state index < -0.39 is 6.29 Å². The van der Waals surface area contributed by atoms with E-state index in [4.69, 9.17) is 14.6 Å². The first-order chi connectivity index (χ1) is 13.2. The highest BCUT2D eigenvalue weighted by Crippen LogP contribution is 2.35. The number of carbonyl (C=O) groups excluding carboxylic acids is 1. The Morgan fingerprint density at radius 2 is 2.15 bits per heavy atom. The van der Waals surface area contributed by atoms with Gasteiger partial charge in [-0.05, 0) is 43.4 Å². The van der Waals surface area contributed by atoms with Crippen molar-refractivity contribution < 1.29 is 19.4 Å². The molecule has 2 heterocycles. The number of benzene rings is 1. The number of fused-ring (bicyclic) bond motifs is 1. The summed E-state index contributed by atoms with van der Waals surface area (Å²) in [5, 5.41) is 13.1. The monoisotopic (exact) mass is 370 g/mol. The van der Waals surface area contributed by atoms with Gasteiger partial charge in [-0.15, -0.1) is 0 Å². The van der Waals surface area contributed by atoms with E-state index in [0.717, 1.165) is 35.7 Å². The van der Waals surface area contributed by atoms with Crippen LogP contribution in [0.3, 0.4) is 0 Å². The maximum Gasteiger partial charge on any atom is 0.286 e. The highest BCUT2D eigenvalue weighted by atomic mass is 16.7. The van der Waals surface area contributed by atoms with Crippen molar-refractivity contribution in [3.63, 3.8) is 0 Å². The lowest BCUT2D eigenvalue weighted by Crippen LogP contribution is -2.34. The Labute approximate surface area is 158 Å². The molecular weight excluding hydrogens is 344 g/mol. The van der Waals surface area contributed by atoms with Gasteiger partial charge in [-0.3, -0.25) is 4.79 Å². The van der Waals surface area contributed by atoms with Crippen molar-refractivity contribution in [2.24, 2.45) is 0 Å². The third-order valence-electron chi connectivity index (χ3n) is 5.07. The van der Waals surface area contributed by atoms with E-state index in [1.54, 1.807) is 0 Å². The van der Waals surface area contributed by atoms with E-state index in [9.17, 15) is 4.79 Å². The minimum atomic E-state index is -0.465. The highest BCUT2D eigenvalue weighted by molar-refractivity contribution is 5.92. The van der Waals surface area contributed by atoms with Gasteiger partial charge >= 0.3 is 0 Å². The van der Waals surface area contributed by atoms with Crippen LogP contribution in [-0.4, -0.2) is 41.5 Å². The Kier molecular flexibility index (Phi) is 5.45. The summed E-state index contributed by atoms with van der Waals surface area (Å²) in [4.78, 5) is 15.9. The van der Waals surface area contributed by atoms with Gasteiger partial charge in [0.05, 0.1) is 6.61 Å². The van der Waals surface area contributed by atoms with Crippen molar-refractivity contribution in [2.75, 3.05) is 13.2 Å². The molecule has 2 aliphatic rings. The first-order valence-electron chi connectivity index (χ1n) is 9.72. The second kappa shape index (κ2) is 8.15. The smallest absolute Gasteiger partial charge is 0.286 e. The Morgan fingerprint density at radius 3 is 2.96 bits per heavy atom. The molecule has 1 amide bonds. The normalized spacial score (nSPS) is 22.3. The van der Waals surface area contributed by atoms with Crippen LogP contribution in [0.25, 0.3) is 10.9 Å². The van der Waals surface area contributed by atoms with E-state index in [1.165, 1.54) is 0 Å². The second-order valence-corrected chi connectivity index (χ2v) is 7.26. The maximum atomic E-state index is 12.5. The molecule has 1 aromatic heterocycles. The summed E-state index contributed by atoms with van der Waals surface area (Å²) in [6.45, 7) is 0.658. The molecule has 0 unspecified atom stereocenters. The van der Waals surface area contributed by atoms with Gasteiger partial charge in [0, 0.05) is 42.1 Å². The van der Waals surface area contributed by atoms with Crippen molar-refractivity contribution in [1.82, 2.24) is 10.3 Å². The van der Waals surface area contributed by atoms with E-state index in [0.29, 0.717) is 25.2 Å². The number of hydrogen-bond acceptors (Lipinski definition) is 4. The zero-order valence-electron chi connectivity index (χ0n) is 15.3. The van der Waals surface area contributed by atoms with Gasteiger partial charge in [-0.2, -0.15) is 0 Å². The summed E-state index contributed by atoms with van der Waals surface area (Å²) in [6, 6.07) is 8.44. The summed E-state index contributed by atoms with van der Waals surface area (Å²) in [7, 11) is 0. The lowest BCUT2D eigenvalue weighted by molar-refractivity contribution is -0.146. The lowest BCUT2D eigenvalue weighted by Gasteiger charge is -2.29. The van der Waals surface area contributed by atoms with Gasteiger partial charge in [0.1, 0.15) is 0 Å². The Bertz CT molecular complexity index is 824. The number of aromatic amines is 1. The van der Waals surface area contributed by atoms with Gasteiger partial charge < -0.3 is 24.9 Å². The van der Waals surface area contributed by atoms with Gasteiger partial charge in [-0.25, -0.2) is 0 Å². The Balaban J connectivity index is 1.54. The molecule has 2 atom stereocenters. The molecule has 0 spiro atoms. The zero-order chi connectivity index (χ0) is 18.6. The van der Waals surface area contributed by atoms with Crippen LogP contribution in [-0.2, 0) is 14.3 Å². The third kappa shape index (κ3) is 4.34. The van der Waals surface area contributed by atoms with Gasteiger partial charge in [0.15, 0.2) is 5.76 Å². The number of aromatic nitrogens is 1.